The van der Waals surface area contributed by atoms with Crippen molar-refractivity contribution in [2.75, 3.05) is 37.6 Å². The first-order chi connectivity index (χ1) is 12.4. The van der Waals surface area contributed by atoms with Crippen LogP contribution in [0, 0.1) is 0 Å². The van der Waals surface area contributed by atoms with Gasteiger partial charge in [0.05, 0.1) is 11.1 Å². The second-order valence-electron chi connectivity index (χ2n) is 6.05. The number of carbonyl (C=O) groups is 2. The molecule has 3 rings (SSSR count). The highest BCUT2D eigenvalue weighted by Crippen LogP contribution is 2.23. The summed E-state index contributed by atoms with van der Waals surface area (Å²) in [6, 6.07) is 10.4. The quantitative estimate of drug-likeness (QED) is 0.645. The molecule has 6 nitrogen and oxygen atoms in total. The molecule has 0 aliphatic carbocycles. The minimum atomic E-state index is -0.127. The molecule has 1 fully saturated rings. The van der Waals surface area contributed by atoms with Gasteiger partial charge in [0.2, 0.25) is 0 Å². The highest BCUT2D eigenvalue weighted by atomic mass is 79.9. The third kappa shape index (κ3) is 3.86. The van der Waals surface area contributed by atoms with Crippen LogP contribution < -0.4 is 11.5 Å². The van der Waals surface area contributed by atoms with Gasteiger partial charge >= 0.3 is 0 Å². The molecular weight excluding hydrogens is 464 g/mol. The summed E-state index contributed by atoms with van der Waals surface area (Å²) in [5.41, 5.74) is 13.7. The molecule has 0 bridgehead atoms. The van der Waals surface area contributed by atoms with E-state index < -0.39 is 0 Å². The van der Waals surface area contributed by atoms with Crippen LogP contribution in [0.1, 0.15) is 20.7 Å². The maximum atomic E-state index is 12.7. The predicted molar refractivity (Wildman–Crippen MR) is 109 cm³/mol. The van der Waals surface area contributed by atoms with Crippen molar-refractivity contribution in [3.8, 4) is 0 Å². The number of anilines is 2. The Morgan fingerprint density at radius 3 is 1.42 bits per heavy atom. The number of hydrogen-bond donors (Lipinski definition) is 2. The molecule has 8 heteroatoms. The van der Waals surface area contributed by atoms with Crippen LogP contribution in [0.15, 0.2) is 45.3 Å². The summed E-state index contributed by atoms with van der Waals surface area (Å²) in [7, 11) is 0. The van der Waals surface area contributed by atoms with Gasteiger partial charge in [0.1, 0.15) is 0 Å². The van der Waals surface area contributed by atoms with E-state index in [0.717, 1.165) is 8.95 Å². The normalized spacial score (nSPS) is 14.4. The highest BCUT2D eigenvalue weighted by Gasteiger charge is 2.27. The molecule has 0 unspecified atom stereocenters. The third-order valence-corrected chi connectivity index (χ3v) is 5.33. The molecule has 2 aromatic carbocycles. The smallest absolute Gasteiger partial charge is 0.256 e. The van der Waals surface area contributed by atoms with Crippen LogP contribution in [-0.2, 0) is 0 Å². The number of benzene rings is 2. The largest absolute Gasteiger partial charge is 0.398 e. The zero-order chi connectivity index (χ0) is 18.8. The SMILES string of the molecule is Nc1ccc(Br)cc1C(=O)N1CCN(C(=O)c2cc(Br)ccc2N)CC1. The Balaban J connectivity index is 1.69. The Morgan fingerprint density at radius 2 is 1.08 bits per heavy atom. The fourth-order valence-corrected chi connectivity index (χ4v) is 3.60. The topological polar surface area (TPSA) is 92.7 Å². The van der Waals surface area contributed by atoms with Gasteiger partial charge in [0, 0.05) is 46.5 Å². The van der Waals surface area contributed by atoms with Crippen LogP contribution in [-0.4, -0.2) is 47.8 Å². The maximum absolute atomic E-state index is 12.7. The Bertz CT molecular complexity index is 793. The monoisotopic (exact) mass is 480 g/mol. The first-order valence-corrected chi connectivity index (χ1v) is 9.64. The lowest BCUT2D eigenvalue weighted by atomic mass is 10.1. The lowest BCUT2D eigenvalue weighted by molar-refractivity contribution is 0.0536. The average molecular weight is 482 g/mol. The van der Waals surface area contributed by atoms with E-state index in [-0.39, 0.29) is 11.8 Å². The molecule has 1 aliphatic heterocycles. The van der Waals surface area contributed by atoms with E-state index in [2.05, 4.69) is 31.9 Å². The molecule has 0 saturated carbocycles. The zero-order valence-corrected chi connectivity index (χ0v) is 17.1. The molecule has 136 valence electrons. The van der Waals surface area contributed by atoms with E-state index in [1.165, 1.54) is 0 Å². The lowest BCUT2D eigenvalue weighted by Gasteiger charge is -2.35. The van der Waals surface area contributed by atoms with Crippen LogP contribution in [0.5, 0.6) is 0 Å². The molecule has 2 aromatic rings. The first kappa shape index (κ1) is 18.7. The van der Waals surface area contributed by atoms with Crippen LogP contribution in [0.25, 0.3) is 0 Å². The molecular formula is C18H18Br2N4O2. The van der Waals surface area contributed by atoms with E-state index in [0.29, 0.717) is 48.7 Å². The van der Waals surface area contributed by atoms with Crippen LogP contribution in [0.3, 0.4) is 0 Å². The van der Waals surface area contributed by atoms with Gasteiger partial charge in [-0.25, -0.2) is 0 Å². The molecule has 0 aromatic heterocycles. The van der Waals surface area contributed by atoms with Gasteiger partial charge < -0.3 is 21.3 Å². The molecule has 0 atom stereocenters. The summed E-state index contributed by atoms with van der Waals surface area (Å²) in [6.45, 7) is 1.80. The average Bonchev–Trinajstić information content (AvgIpc) is 2.64. The molecule has 0 spiro atoms. The summed E-state index contributed by atoms with van der Waals surface area (Å²) in [6.07, 6.45) is 0. The number of hydrogen-bond acceptors (Lipinski definition) is 4. The maximum Gasteiger partial charge on any atom is 0.256 e. The summed E-state index contributed by atoms with van der Waals surface area (Å²) in [5.74, 6) is -0.254. The molecule has 4 N–H and O–H groups in total. The Labute approximate surface area is 168 Å². The van der Waals surface area contributed by atoms with Crippen molar-refractivity contribution in [3.05, 3.63) is 56.5 Å². The van der Waals surface area contributed by atoms with Crippen molar-refractivity contribution in [1.82, 2.24) is 9.80 Å². The van der Waals surface area contributed by atoms with Crippen LogP contribution in [0.4, 0.5) is 11.4 Å². The van der Waals surface area contributed by atoms with Crippen molar-refractivity contribution in [2.24, 2.45) is 0 Å². The van der Waals surface area contributed by atoms with E-state index >= 15 is 0 Å². The predicted octanol–water partition coefficient (Wildman–Crippen LogP) is 2.97. The van der Waals surface area contributed by atoms with Gasteiger partial charge in [-0.2, -0.15) is 0 Å². The molecule has 26 heavy (non-hydrogen) atoms. The molecule has 0 radical (unpaired) electrons. The van der Waals surface area contributed by atoms with E-state index in [4.69, 9.17) is 11.5 Å². The number of carbonyl (C=O) groups excluding carboxylic acids is 2. The Morgan fingerprint density at radius 1 is 0.731 bits per heavy atom. The van der Waals surface area contributed by atoms with Crippen LogP contribution in [0.2, 0.25) is 0 Å². The third-order valence-electron chi connectivity index (χ3n) is 4.35. The van der Waals surface area contributed by atoms with Crippen molar-refractivity contribution in [2.45, 2.75) is 0 Å². The Hall–Kier alpha value is -2.06. The van der Waals surface area contributed by atoms with Crippen molar-refractivity contribution < 1.29 is 9.59 Å². The van der Waals surface area contributed by atoms with Crippen molar-refractivity contribution >= 4 is 55.0 Å². The highest BCUT2D eigenvalue weighted by molar-refractivity contribution is 9.10. The van der Waals surface area contributed by atoms with Gasteiger partial charge in [-0.1, -0.05) is 31.9 Å². The standard InChI is InChI=1S/C18H18Br2N4O2/c19-11-1-3-15(21)13(9-11)17(25)23-5-7-24(8-6-23)18(26)14-10-12(20)2-4-16(14)22/h1-4,9-10H,5-8,21-22H2. The number of nitrogens with two attached hydrogens (primary N) is 2. The second-order valence-corrected chi connectivity index (χ2v) is 7.88. The fourth-order valence-electron chi connectivity index (χ4n) is 2.88. The van der Waals surface area contributed by atoms with E-state index in [9.17, 15) is 9.59 Å². The van der Waals surface area contributed by atoms with Gasteiger partial charge in [0.25, 0.3) is 11.8 Å². The number of piperazine rings is 1. The molecule has 1 heterocycles. The van der Waals surface area contributed by atoms with Gasteiger partial charge in [0.15, 0.2) is 0 Å². The zero-order valence-electron chi connectivity index (χ0n) is 13.9. The number of nitrogen functional groups attached to an aromatic ring is 2. The molecule has 1 saturated heterocycles. The lowest BCUT2D eigenvalue weighted by Crippen LogP contribution is -2.50. The number of halogens is 2. The van der Waals surface area contributed by atoms with Crippen molar-refractivity contribution in [1.29, 1.82) is 0 Å². The number of amides is 2. The van der Waals surface area contributed by atoms with E-state index in [1.54, 1.807) is 46.2 Å². The first-order valence-electron chi connectivity index (χ1n) is 8.05. The van der Waals surface area contributed by atoms with Gasteiger partial charge in [-0.15, -0.1) is 0 Å². The second kappa shape index (κ2) is 7.67. The van der Waals surface area contributed by atoms with E-state index in [1.807, 2.05) is 0 Å². The number of nitrogens with zero attached hydrogens (tertiary/aromatic N) is 2. The summed E-state index contributed by atoms with van der Waals surface area (Å²) in [5, 5.41) is 0. The summed E-state index contributed by atoms with van der Waals surface area (Å²) in [4.78, 5) is 28.9. The molecule has 2 amide bonds. The molecule has 1 aliphatic rings. The fraction of sp³-hybridized carbons (Fsp3) is 0.222. The minimum absolute atomic E-state index is 0.127. The minimum Gasteiger partial charge on any atom is -0.398 e. The van der Waals surface area contributed by atoms with Crippen LogP contribution >= 0.6 is 31.9 Å². The van der Waals surface area contributed by atoms with Gasteiger partial charge in [-0.3, -0.25) is 9.59 Å². The van der Waals surface area contributed by atoms with Crippen molar-refractivity contribution in [3.63, 3.8) is 0 Å². The van der Waals surface area contributed by atoms with Gasteiger partial charge in [-0.05, 0) is 36.4 Å². The number of rotatable bonds is 2. The Kier molecular flexibility index (Phi) is 5.52. The summed E-state index contributed by atoms with van der Waals surface area (Å²) >= 11 is 6.72. The summed E-state index contributed by atoms with van der Waals surface area (Å²) < 4.78 is 1.60.